The number of nitrogens with zero attached hydrogens (tertiary/aromatic N) is 2. The van der Waals surface area contributed by atoms with Gasteiger partial charge in [0.2, 0.25) is 0 Å². The maximum absolute atomic E-state index is 13.3. The summed E-state index contributed by atoms with van der Waals surface area (Å²) in [6, 6.07) is 0. The van der Waals surface area contributed by atoms with Gasteiger partial charge in [-0.05, 0) is 0 Å². The molecule has 0 aliphatic carbocycles. The van der Waals surface area contributed by atoms with Crippen LogP contribution >= 0.6 is 0 Å². The lowest BCUT2D eigenvalue weighted by molar-refractivity contribution is -0.196. The van der Waals surface area contributed by atoms with Crippen LogP contribution in [0.2, 0.25) is 0 Å². The van der Waals surface area contributed by atoms with Crippen LogP contribution in [0.4, 0.5) is 19.0 Å². The van der Waals surface area contributed by atoms with Crippen molar-refractivity contribution in [2.24, 2.45) is 0 Å². The molecule has 0 spiro atoms. The molecule has 1 aliphatic heterocycles. The summed E-state index contributed by atoms with van der Waals surface area (Å²) in [5.41, 5.74) is 1.10. The first kappa shape index (κ1) is 15.7. The lowest BCUT2D eigenvalue weighted by atomic mass is 9.96. The maximum Gasteiger partial charge on any atom is 0.351 e. The second kappa shape index (κ2) is 5.26. The average Bonchev–Trinajstić information content (AvgIpc) is 2.68. The Morgan fingerprint density at radius 2 is 2.14 bits per heavy atom. The van der Waals surface area contributed by atoms with E-state index < -0.39 is 54.4 Å². The highest BCUT2D eigenvalue weighted by Gasteiger charge is 2.60. The van der Waals surface area contributed by atoms with Gasteiger partial charge in [0.1, 0.15) is 12.2 Å². The van der Waals surface area contributed by atoms with Crippen molar-refractivity contribution in [3.05, 3.63) is 22.5 Å². The van der Waals surface area contributed by atoms with Gasteiger partial charge in [0, 0.05) is 0 Å². The van der Waals surface area contributed by atoms with Crippen molar-refractivity contribution in [1.82, 2.24) is 9.55 Å². The van der Waals surface area contributed by atoms with Gasteiger partial charge in [-0.3, -0.25) is 4.57 Å². The molecule has 1 aromatic heterocycles. The number of aliphatic hydroxyl groups is 3. The first-order valence-corrected chi connectivity index (χ1v) is 5.71. The molecule has 0 radical (unpaired) electrons. The van der Waals surface area contributed by atoms with Gasteiger partial charge in [-0.15, -0.1) is 0 Å². The van der Waals surface area contributed by atoms with Gasteiger partial charge < -0.3 is 25.8 Å². The summed E-state index contributed by atoms with van der Waals surface area (Å²) in [6.45, 7) is -1.32. The number of aliphatic hydroxyl groups excluding tert-OH is 3. The second-order valence-electron chi connectivity index (χ2n) is 4.52. The molecule has 118 valence electrons. The lowest BCUT2D eigenvalue weighted by Gasteiger charge is -2.28. The zero-order valence-corrected chi connectivity index (χ0v) is 10.4. The van der Waals surface area contributed by atoms with Gasteiger partial charge >= 0.3 is 5.69 Å². The zero-order valence-electron chi connectivity index (χ0n) is 10.4. The van der Waals surface area contributed by atoms with E-state index in [2.05, 4.69) is 4.98 Å². The summed E-state index contributed by atoms with van der Waals surface area (Å²) in [4.78, 5) is 14.7. The van der Waals surface area contributed by atoms with Gasteiger partial charge in [0.05, 0.1) is 12.8 Å². The minimum Gasteiger partial charge on any atom is -0.393 e. The third kappa shape index (κ3) is 2.27. The Labute approximate surface area is 115 Å². The fourth-order valence-corrected chi connectivity index (χ4v) is 2.05. The second-order valence-corrected chi connectivity index (χ2v) is 4.52. The van der Waals surface area contributed by atoms with E-state index >= 15 is 0 Å². The van der Waals surface area contributed by atoms with Crippen LogP contribution in [0.1, 0.15) is 6.23 Å². The van der Waals surface area contributed by atoms with E-state index in [1.54, 1.807) is 0 Å². The van der Waals surface area contributed by atoms with Gasteiger partial charge in [0.25, 0.3) is 6.43 Å². The monoisotopic (exact) mass is 311 g/mol. The Morgan fingerprint density at radius 1 is 1.52 bits per heavy atom. The minimum absolute atomic E-state index is 0.374. The number of hydrogen-bond donors (Lipinski definition) is 4. The third-order valence-corrected chi connectivity index (χ3v) is 3.28. The predicted molar refractivity (Wildman–Crippen MR) is 60.8 cm³/mol. The molecule has 0 bridgehead atoms. The van der Waals surface area contributed by atoms with Crippen LogP contribution in [0.15, 0.2) is 11.0 Å². The molecule has 0 saturated carbocycles. The Hall–Kier alpha value is -1.69. The Kier molecular flexibility index (Phi) is 3.93. The Morgan fingerprint density at radius 3 is 2.62 bits per heavy atom. The summed E-state index contributed by atoms with van der Waals surface area (Å²) in [5.74, 6) is -1.86. The summed E-state index contributed by atoms with van der Waals surface area (Å²) in [6.07, 6.45) is -8.91. The Bertz CT molecular complexity index is 598. The molecular formula is C10H12F3N3O5. The summed E-state index contributed by atoms with van der Waals surface area (Å²) >= 11 is 0. The van der Waals surface area contributed by atoms with Crippen molar-refractivity contribution in [3.63, 3.8) is 0 Å². The van der Waals surface area contributed by atoms with Crippen LogP contribution in [0.5, 0.6) is 0 Å². The van der Waals surface area contributed by atoms with Gasteiger partial charge in [-0.2, -0.15) is 4.98 Å². The predicted octanol–water partition coefficient (Wildman–Crippen LogP) is -1.79. The van der Waals surface area contributed by atoms with Crippen molar-refractivity contribution in [3.8, 4) is 0 Å². The molecule has 21 heavy (non-hydrogen) atoms. The molecule has 11 heteroatoms. The van der Waals surface area contributed by atoms with Gasteiger partial charge in [0.15, 0.2) is 23.5 Å². The number of ether oxygens (including phenoxy) is 1. The molecule has 5 N–H and O–H groups in total. The highest BCUT2D eigenvalue weighted by molar-refractivity contribution is 5.26. The minimum atomic E-state index is -3.36. The lowest BCUT2D eigenvalue weighted by Crippen LogP contribution is -2.52. The van der Waals surface area contributed by atoms with Crippen LogP contribution < -0.4 is 11.4 Å². The molecule has 4 atom stereocenters. The Balaban J connectivity index is 2.47. The summed E-state index contributed by atoms with van der Waals surface area (Å²) in [5, 5.41) is 28.4. The quantitative estimate of drug-likeness (QED) is 0.518. The molecule has 1 aliphatic rings. The fourth-order valence-electron chi connectivity index (χ4n) is 2.05. The van der Waals surface area contributed by atoms with Gasteiger partial charge in [-0.1, -0.05) is 0 Å². The van der Waals surface area contributed by atoms with E-state index in [4.69, 9.17) is 15.6 Å². The van der Waals surface area contributed by atoms with Crippen molar-refractivity contribution < 1.29 is 33.2 Å². The number of anilines is 1. The van der Waals surface area contributed by atoms with Crippen LogP contribution in [-0.2, 0) is 4.74 Å². The number of aromatic nitrogens is 2. The summed E-state index contributed by atoms with van der Waals surface area (Å²) < 4.78 is 44.5. The average molecular weight is 311 g/mol. The summed E-state index contributed by atoms with van der Waals surface area (Å²) in [7, 11) is 0. The maximum atomic E-state index is 13.3. The van der Waals surface area contributed by atoms with Crippen LogP contribution in [0.3, 0.4) is 0 Å². The van der Waals surface area contributed by atoms with Crippen molar-refractivity contribution in [2.45, 2.75) is 30.5 Å². The van der Waals surface area contributed by atoms with E-state index in [1.807, 2.05) is 0 Å². The first-order chi connectivity index (χ1) is 9.74. The highest BCUT2D eigenvalue weighted by Crippen LogP contribution is 2.40. The number of halogens is 3. The van der Waals surface area contributed by atoms with Crippen molar-refractivity contribution in [1.29, 1.82) is 0 Å². The van der Waals surface area contributed by atoms with E-state index in [-0.39, 0.29) is 0 Å². The molecule has 8 nitrogen and oxygen atoms in total. The van der Waals surface area contributed by atoms with Crippen LogP contribution in [-0.4, -0.2) is 55.7 Å². The van der Waals surface area contributed by atoms with E-state index in [0.29, 0.717) is 10.8 Å². The molecule has 1 saturated heterocycles. The van der Waals surface area contributed by atoms with E-state index in [0.717, 1.165) is 0 Å². The zero-order chi connectivity index (χ0) is 15.9. The fraction of sp³-hybridized carbons (Fsp3) is 0.600. The smallest absolute Gasteiger partial charge is 0.351 e. The molecule has 0 unspecified atom stereocenters. The standard InChI is InChI=1S/C10H12F3N3O5/c11-3-1-16(9(20)15-6(3)14)7-4(18)5(19)10(2-17,21-7)8(12)13/h1,4-5,7-8,17-19H,2H2,(H2,14,15,20)/t4-,5-,7+,10+/m0/s1. The van der Waals surface area contributed by atoms with Crippen LogP contribution in [0, 0.1) is 5.82 Å². The largest absolute Gasteiger partial charge is 0.393 e. The molecular weight excluding hydrogens is 299 g/mol. The SMILES string of the molecule is Nc1nc(=O)n([C@@H]2O[C@@](CO)(C(F)F)[C@@H](O)[C@@H]2O)cc1F. The van der Waals surface area contributed by atoms with Crippen LogP contribution in [0.25, 0.3) is 0 Å². The van der Waals surface area contributed by atoms with Crippen molar-refractivity contribution in [2.75, 3.05) is 12.3 Å². The number of alkyl halides is 2. The van der Waals surface area contributed by atoms with E-state index in [9.17, 15) is 28.2 Å². The number of rotatable bonds is 3. The first-order valence-electron chi connectivity index (χ1n) is 5.71. The normalized spacial score (nSPS) is 32.8. The van der Waals surface area contributed by atoms with Gasteiger partial charge in [-0.25, -0.2) is 18.0 Å². The number of nitrogens with two attached hydrogens (primary N) is 1. The number of nitrogen functional groups attached to an aromatic ring is 1. The highest BCUT2D eigenvalue weighted by atomic mass is 19.3. The molecule has 0 aromatic carbocycles. The third-order valence-electron chi connectivity index (χ3n) is 3.28. The topological polar surface area (TPSA) is 131 Å². The van der Waals surface area contributed by atoms with E-state index in [1.165, 1.54) is 0 Å². The molecule has 2 rings (SSSR count). The molecule has 1 aromatic rings. The molecule has 1 fully saturated rings. The molecule has 2 heterocycles. The number of hydrogen-bond acceptors (Lipinski definition) is 7. The molecule has 0 amide bonds. The van der Waals surface area contributed by atoms with Crippen molar-refractivity contribution >= 4 is 5.82 Å².